The van der Waals surface area contributed by atoms with Crippen LogP contribution in [-0.4, -0.2) is 27.1 Å². The van der Waals surface area contributed by atoms with E-state index in [0.29, 0.717) is 34.0 Å². The van der Waals surface area contributed by atoms with Gasteiger partial charge in [0.15, 0.2) is 0 Å². The largest absolute Gasteiger partial charge is 0.360 e. The zero-order valence-electron chi connectivity index (χ0n) is 16.4. The molecule has 2 aromatic heterocycles. The minimum absolute atomic E-state index is 0.261. The number of aromatic amines is 1. The summed E-state index contributed by atoms with van der Waals surface area (Å²) in [7, 11) is 0. The average molecular weight is 401 g/mol. The van der Waals surface area contributed by atoms with Crippen LogP contribution in [0.1, 0.15) is 27.4 Å². The first kappa shape index (κ1) is 19.1. The van der Waals surface area contributed by atoms with Crippen molar-refractivity contribution in [2.75, 3.05) is 0 Å². The van der Waals surface area contributed by atoms with Gasteiger partial charge in [-0.05, 0) is 26.0 Å². The molecule has 0 unspecified atom stereocenters. The summed E-state index contributed by atoms with van der Waals surface area (Å²) in [5.74, 6) is -0.0914. The van der Waals surface area contributed by atoms with Crippen molar-refractivity contribution in [2.24, 2.45) is 5.10 Å². The fourth-order valence-corrected chi connectivity index (χ4v) is 3.11. The van der Waals surface area contributed by atoms with Crippen molar-refractivity contribution in [3.05, 3.63) is 93.6 Å². The highest BCUT2D eigenvalue weighted by molar-refractivity contribution is 6.01. The van der Waals surface area contributed by atoms with Gasteiger partial charge in [0.05, 0.1) is 17.5 Å². The summed E-state index contributed by atoms with van der Waals surface area (Å²) >= 11 is 0. The Bertz CT molecular complexity index is 1270. The minimum atomic E-state index is -0.472. The number of amides is 1. The SMILES string of the molecule is Cc1[nH]n(-c2ccccc2)c(=O)c1/C=N\NC(=O)c1c(-c2ccccc2)noc1C. The summed E-state index contributed by atoms with van der Waals surface area (Å²) in [5.41, 5.74) is 5.38. The lowest BCUT2D eigenvalue weighted by atomic mass is 10.1. The predicted octanol–water partition coefficient (Wildman–Crippen LogP) is 3.20. The van der Waals surface area contributed by atoms with E-state index in [1.165, 1.54) is 10.9 Å². The molecule has 0 aliphatic heterocycles. The highest BCUT2D eigenvalue weighted by Gasteiger charge is 2.21. The maximum Gasteiger partial charge on any atom is 0.280 e. The molecule has 0 aliphatic carbocycles. The Morgan fingerprint density at radius 3 is 2.47 bits per heavy atom. The Morgan fingerprint density at radius 1 is 1.10 bits per heavy atom. The van der Waals surface area contributed by atoms with Crippen molar-refractivity contribution in [1.82, 2.24) is 20.4 Å². The number of hydrogen-bond acceptors (Lipinski definition) is 5. The second-order valence-electron chi connectivity index (χ2n) is 6.65. The van der Waals surface area contributed by atoms with Crippen molar-refractivity contribution < 1.29 is 9.32 Å². The number of carbonyl (C=O) groups excluding carboxylic acids is 1. The molecule has 0 fully saturated rings. The van der Waals surface area contributed by atoms with Crippen LogP contribution in [0.4, 0.5) is 0 Å². The summed E-state index contributed by atoms with van der Waals surface area (Å²) in [5, 5.41) is 11.0. The molecule has 4 rings (SSSR count). The number of nitrogens with one attached hydrogen (secondary N) is 2. The zero-order chi connectivity index (χ0) is 21.1. The van der Waals surface area contributed by atoms with Crippen LogP contribution < -0.4 is 11.0 Å². The summed E-state index contributed by atoms with van der Waals surface area (Å²) < 4.78 is 6.63. The van der Waals surface area contributed by atoms with Gasteiger partial charge >= 0.3 is 0 Å². The molecular weight excluding hydrogens is 382 g/mol. The van der Waals surface area contributed by atoms with Crippen LogP contribution in [0, 0.1) is 13.8 Å². The third-order valence-corrected chi connectivity index (χ3v) is 4.63. The van der Waals surface area contributed by atoms with E-state index in [1.807, 2.05) is 60.7 Å². The molecule has 2 aromatic carbocycles. The van der Waals surface area contributed by atoms with E-state index in [-0.39, 0.29) is 5.56 Å². The maximum atomic E-state index is 12.7. The van der Waals surface area contributed by atoms with Gasteiger partial charge in [0, 0.05) is 11.3 Å². The number of carbonyl (C=O) groups is 1. The molecule has 2 heterocycles. The average Bonchev–Trinajstić information content (AvgIpc) is 3.29. The molecule has 1 amide bonds. The van der Waals surface area contributed by atoms with Gasteiger partial charge in [0.2, 0.25) is 0 Å². The van der Waals surface area contributed by atoms with Gasteiger partial charge in [0.25, 0.3) is 11.5 Å². The highest BCUT2D eigenvalue weighted by Crippen LogP contribution is 2.24. The maximum absolute atomic E-state index is 12.7. The van der Waals surface area contributed by atoms with E-state index in [2.05, 4.69) is 20.8 Å². The zero-order valence-corrected chi connectivity index (χ0v) is 16.4. The molecule has 0 radical (unpaired) electrons. The van der Waals surface area contributed by atoms with Crippen molar-refractivity contribution >= 4 is 12.1 Å². The van der Waals surface area contributed by atoms with E-state index < -0.39 is 5.91 Å². The van der Waals surface area contributed by atoms with E-state index in [0.717, 1.165) is 5.56 Å². The highest BCUT2D eigenvalue weighted by atomic mass is 16.5. The molecule has 0 saturated heterocycles. The monoisotopic (exact) mass is 401 g/mol. The number of hydrogen-bond donors (Lipinski definition) is 2. The Morgan fingerprint density at radius 2 is 1.77 bits per heavy atom. The first-order chi connectivity index (χ1) is 14.6. The summed E-state index contributed by atoms with van der Waals surface area (Å²) in [4.78, 5) is 25.4. The minimum Gasteiger partial charge on any atom is -0.360 e. The van der Waals surface area contributed by atoms with E-state index >= 15 is 0 Å². The fourth-order valence-electron chi connectivity index (χ4n) is 3.11. The van der Waals surface area contributed by atoms with Crippen LogP contribution in [0.3, 0.4) is 0 Å². The van der Waals surface area contributed by atoms with Gasteiger partial charge in [-0.2, -0.15) is 5.10 Å². The first-order valence-electron chi connectivity index (χ1n) is 9.28. The number of rotatable bonds is 5. The number of hydrazone groups is 1. The number of aromatic nitrogens is 3. The topological polar surface area (TPSA) is 105 Å². The summed E-state index contributed by atoms with van der Waals surface area (Å²) in [6.07, 6.45) is 1.33. The van der Waals surface area contributed by atoms with Gasteiger partial charge in [-0.15, -0.1) is 0 Å². The molecule has 0 saturated carbocycles. The molecule has 0 atom stereocenters. The Kier molecular flexibility index (Phi) is 5.13. The Hall–Kier alpha value is -4.20. The van der Waals surface area contributed by atoms with Crippen LogP contribution in [0.5, 0.6) is 0 Å². The molecule has 0 bridgehead atoms. The first-order valence-corrected chi connectivity index (χ1v) is 9.28. The molecule has 30 heavy (non-hydrogen) atoms. The van der Waals surface area contributed by atoms with Crippen LogP contribution in [0.2, 0.25) is 0 Å². The quantitative estimate of drug-likeness (QED) is 0.396. The smallest absolute Gasteiger partial charge is 0.280 e. The fraction of sp³-hybridized carbons (Fsp3) is 0.0909. The van der Waals surface area contributed by atoms with Gasteiger partial charge in [-0.3, -0.25) is 14.7 Å². The van der Waals surface area contributed by atoms with Crippen LogP contribution in [0.25, 0.3) is 16.9 Å². The predicted molar refractivity (Wildman–Crippen MR) is 113 cm³/mol. The lowest BCUT2D eigenvalue weighted by Gasteiger charge is -2.01. The van der Waals surface area contributed by atoms with Gasteiger partial charge in [-0.25, -0.2) is 10.1 Å². The third-order valence-electron chi connectivity index (χ3n) is 4.63. The standard InChI is InChI=1S/C22H19N5O3/c1-14-18(22(29)27(25-14)17-11-7-4-8-12-17)13-23-24-21(28)19-15(2)30-26-20(19)16-9-5-3-6-10-16/h3-13,25H,1-2H3,(H,24,28)/b23-13-. The molecule has 150 valence electrons. The Labute approximate surface area is 171 Å². The van der Waals surface area contributed by atoms with E-state index in [1.54, 1.807) is 13.8 Å². The van der Waals surface area contributed by atoms with Crippen molar-refractivity contribution in [3.8, 4) is 16.9 Å². The number of H-pyrrole nitrogens is 1. The van der Waals surface area contributed by atoms with Crippen molar-refractivity contribution in [1.29, 1.82) is 0 Å². The van der Waals surface area contributed by atoms with Crippen LogP contribution in [-0.2, 0) is 0 Å². The second kappa shape index (κ2) is 8.04. The number of nitrogens with zero attached hydrogens (tertiary/aromatic N) is 3. The van der Waals surface area contributed by atoms with Gasteiger partial charge in [-0.1, -0.05) is 53.7 Å². The molecule has 4 aromatic rings. The lowest BCUT2D eigenvalue weighted by molar-refractivity contribution is 0.0954. The van der Waals surface area contributed by atoms with E-state index in [9.17, 15) is 9.59 Å². The van der Waals surface area contributed by atoms with Crippen molar-refractivity contribution in [2.45, 2.75) is 13.8 Å². The normalized spacial score (nSPS) is 11.1. The number of aryl methyl sites for hydroxylation is 2. The molecule has 0 spiro atoms. The van der Waals surface area contributed by atoms with Crippen LogP contribution >= 0.6 is 0 Å². The molecule has 2 N–H and O–H groups in total. The molecule has 8 heteroatoms. The third kappa shape index (κ3) is 3.58. The lowest BCUT2D eigenvalue weighted by Crippen LogP contribution is -2.21. The van der Waals surface area contributed by atoms with Crippen LogP contribution in [0.15, 0.2) is 75.1 Å². The molecular formula is C22H19N5O3. The van der Waals surface area contributed by atoms with Gasteiger partial charge in [0.1, 0.15) is 17.0 Å². The molecule has 8 nitrogen and oxygen atoms in total. The van der Waals surface area contributed by atoms with E-state index in [4.69, 9.17) is 4.52 Å². The molecule has 0 aliphatic rings. The van der Waals surface area contributed by atoms with Crippen molar-refractivity contribution in [3.63, 3.8) is 0 Å². The van der Waals surface area contributed by atoms with Gasteiger partial charge < -0.3 is 4.52 Å². The Balaban J connectivity index is 1.57. The second-order valence-corrected chi connectivity index (χ2v) is 6.65. The number of para-hydroxylation sites is 1. The summed E-state index contributed by atoms with van der Waals surface area (Å²) in [6.45, 7) is 3.43. The summed E-state index contributed by atoms with van der Waals surface area (Å²) in [6, 6.07) is 18.5. The number of benzene rings is 2.